The minimum absolute atomic E-state index is 0.932. The Labute approximate surface area is 115 Å². The summed E-state index contributed by atoms with van der Waals surface area (Å²) in [6, 6.07) is 4.36. The number of hydrogen-bond acceptors (Lipinski definition) is 3. The van der Waals surface area contributed by atoms with E-state index in [1.165, 1.54) is 50.2 Å². The van der Waals surface area contributed by atoms with Gasteiger partial charge in [-0.25, -0.2) is 0 Å². The summed E-state index contributed by atoms with van der Waals surface area (Å²) in [7, 11) is 0. The molecule has 1 aromatic heterocycles. The van der Waals surface area contributed by atoms with Crippen molar-refractivity contribution in [3.8, 4) is 0 Å². The lowest BCUT2D eigenvalue weighted by atomic mass is 10.0. The summed E-state index contributed by atoms with van der Waals surface area (Å²) in [5.74, 6) is 0.932. The molecule has 1 fully saturated rings. The predicted octanol–water partition coefficient (Wildman–Crippen LogP) is 3.00. The molecule has 1 aromatic rings. The van der Waals surface area contributed by atoms with Gasteiger partial charge in [0.1, 0.15) is 0 Å². The standard InChI is InChI=1S/C15H26N2S/c1-14-4-2-10-17(11-7-14)12-9-16-8-6-15-5-3-13-18-15/h3,5,13-14,16H,2,4,6-12H2,1H3. The Morgan fingerprint density at radius 1 is 1.33 bits per heavy atom. The van der Waals surface area contributed by atoms with Crippen molar-refractivity contribution in [2.45, 2.75) is 32.6 Å². The minimum Gasteiger partial charge on any atom is -0.315 e. The topological polar surface area (TPSA) is 15.3 Å². The highest BCUT2D eigenvalue weighted by atomic mass is 32.1. The molecule has 2 rings (SSSR count). The molecular formula is C15H26N2S. The predicted molar refractivity (Wildman–Crippen MR) is 80.3 cm³/mol. The third-order valence-electron chi connectivity index (χ3n) is 3.84. The van der Waals surface area contributed by atoms with Crippen molar-refractivity contribution in [3.63, 3.8) is 0 Å². The van der Waals surface area contributed by atoms with Crippen LogP contribution in [0.4, 0.5) is 0 Å². The molecule has 1 aliphatic rings. The number of likely N-dealkylation sites (tertiary alicyclic amines) is 1. The van der Waals surface area contributed by atoms with Crippen LogP contribution in [0.3, 0.4) is 0 Å². The summed E-state index contributed by atoms with van der Waals surface area (Å²) in [5, 5.41) is 5.73. The lowest BCUT2D eigenvalue weighted by molar-refractivity contribution is 0.281. The highest BCUT2D eigenvalue weighted by Gasteiger charge is 2.12. The fourth-order valence-electron chi connectivity index (χ4n) is 2.57. The van der Waals surface area contributed by atoms with E-state index in [1.807, 2.05) is 11.3 Å². The highest BCUT2D eigenvalue weighted by molar-refractivity contribution is 7.09. The molecule has 1 N–H and O–H groups in total. The molecule has 0 bridgehead atoms. The first-order valence-electron chi connectivity index (χ1n) is 7.30. The van der Waals surface area contributed by atoms with E-state index in [1.54, 1.807) is 0 Å². The van der Waals surface area contributed by atoms with Crippen molar-refractivity contribution < 1.29 is 0 Å². The fourth-order valence-corrected chi connectivity index (χ4v) is 3.28. The monoisotopic (exact) mass is 266 g/mol. The molecule has 0 amide bonds. The first-order chi connectivity index (χ1) is 8.84. The molecule has 3 heteroatoms. The average molecular weight is 266 g/mol. The van der Waals surface area contributed by atoms with E-state index in [0.717, 1.165) is 19.0 Å². The van der Waals surface area contributed by atoms with Crippen molar-refractivity contribution in [1.29, 1.82) is 0 Å². The molecular weight excluding hydrogens is 240 g/mol. The molecule has 18 heavy (non-hydrogen) atoms. The minimum atomic E-state index is 0.932. The highest BCUT2D eigenvalue weighted by Crippen LogP contribution is 2.15. The van der Waals surface area contributed by atoms with Gasteiger partial charge in [-0.2, -0.15) is 0 Å². The number of hydrogen-bond donors (Lipinski definition) is 1. The first-order valence-corrected chi connectivity index (χ1v) is 8.18. The molecule has 0 saturated carbocycles. The van der Waals surface area contributed by atoms with Gasteiger partial charge in [-0.1, -0.05) is 13.0 Å². The molecule has 1 unspecified atom stereocenters. The Bertz CT molecular complexity index is 310. The van der Waals surface area contributed by atoms with Crippen LogP contribution in [-0.4, -0.2) is 37.6 Å². The normalized spacial score (nSPS) is 21.9. The van der Waals surface area contributed by atoms with Crippen LogP contribution < -0.4 is 5.32 Å². The Morgan fingerprint density at radius 3 is 3.11 bits per heavy atom. The van der Waals surface area contributed by atoms with Gasteiger partial charge in [-0.05, 0) is 56.1 Å². The Morgan fingerprint density at radius 2 is 2.28 bits per heavy atom. The summed E-state index contributed by atoms with van der Waals surface area (Å²) in [6.45, 7) is 8.47. The Balaban J connectivity index is 1.52. The van der Waals surface area contributed by atoms with Gasteiger partial charge in [0.2, 0.25) is 0 Å². The molecule has 0 spiro atoms. The first kappa shape index (κ1) is 14.0. The third kappa shape index (κ3) is 5.09. The zero-order valence-electron chi connectivity index (χ0n) is 11.5. The summed E-state index contributed by atoms with van der Waals surface area (Å²) in [4.78, 5) is 4.12. The maximum atomic E-state index is 3.57. The van der Waals surface area contributed by atoms with Crippen molar-refractivity contribution >= 4 is 11.3 Å². The second-order valence-electron chi connectivity index (χ2n) is 5.46. The van der Waals surface area contributed by atoms with Crippen molar-refractivity contribution in [3.05, 3.63) is 22.4 Å². The lowest BCUT2D eigenvalue weighted by Crippen LogP contribution is -2.33. The molecule has 102 valence electrons. The van der Waals surface area contributed by atoms with E-state index in [9.17, 15) is 0 Å². The lowest BCUT2D eigenvalue weighted by Gasteiger charge is -2.19. The molecule has 2 nitrogen and oxygen atoms in total. The van der Waals surface area contributed by atoms with Gasteiger partial charge >= 0.3 is 0 Å². The molecule has 0 aromatic carbocycles. The van der Waals surface area contributed by atoms with Gasteiger partial charge in [0.15, 0.2) is 0 Å². The molecule has 0 aliphatic carbocycles. The maximum Gasteiger partial charge on any atom is 0.0107 e. The van der Waals surface area contributed by atoms with Crippen LogP contribution in [0.1, 0.15) is 31.1 Å². The third-order valence-corrected chi connectivity index (χ3v) is 4.78. The number of nitrogens with zero attached hydrogens (tertiary/aromatic N) is 1. The fraction of sp³-hybridized carbons (Fsp3) is 0.733. The number of rotatable bonds is 6. The van der Waals surface area contributed by atoms with Crippen LogP contribution in [0.25, 0.3) is 0 Å². The van der Waals surface area contributed by atoms with E-state index >= 15 is 0 Å². The molecule has 2 heterocycles. The van der Waals surface area contributed by atoms with E-state index < -0.39 is 0 Å². The zero-order valence-corrected chi connectivity index (χ0v) is 12.3. The van der Waals surface area contributed by atoms with Crippen molar-refractivity contribution in [1.82, 2.24) is 10.2 Å². The van der Waals surface area contributed by atoms with Gasteiger partial charge in [-0.15, -0.1) is 11.3 Å². The van der Waals surface area contributed by atoms with Crippen LogP contribution in [0, 0.1) is 5.92 Å². The molecule has 0 radical (unpaired) electrons. The smallest absolute Gasteiger partial charge is 0.0107 e. The van der Waals surface area contributed by atoms with E-state index in [0.29, 0.717) is 0 Å². The van der Waals surface area contributed by atoms with Gasteiger partial charge in [0.05, 0.1) is 0 Å². The van der Waals surface area contributed by atoms with Crippen LogP contribution >= 0.6 is 11.3 Å². The zero-order chi connectivity index (χ0) is 12.6. The van der Waals surface area contributed by atoms with Crippen LogP contribution in [0.2, 0.25) is 0 Å². The maximum absolute atomic E-state index is 3.57. The second kappa shape index (κ2) is 7.93. The second-order valence-corrected chi connectivity index (χ2v) is 6.49. The van der Waals surface area contributed by atoms with E-state index in [-0.39, 0.29) is 0 Å². The van der Waals surface area contributed by atoms with Crippen LogP contribution in [-0.2, 0) is 6.42 Å². The summed E-state index contributed by atoms with van der Waals surface area (Å²) in [5.41, 5.74) is 0. The summed E-state index contributed by atoms with van der Waals surface area (Å²) < 4.78 is 0. The molecule has 1 aliphatic heterocycles. The van der Waals surface area contributed by atoms with Crippen LogP contribution in [0.5, 0.6) is 0 Å². The Kier molecular flexibility index (Phi) is 6.18. The largest absolute Gasteiger partial charge is 0.315 e. The number of nitrogens with one attached hydrogen (secondary N) is 1. The van der Waals surface area contributed by atoms with Gasteiger partial charge < -0.3 is 10.2 Å². The van der Waals surface area contributed by atoms with Crippen molar-refractivity contribution in [2.24, 2.45) is 5.92 Å². The quantitative estimate of drug-likeness (QED) is 0.796. The number of thiophene rings is 1. The summed E-state index contributed by atoms with van der Waals surface area (Å²) >= 11 is 1.86. The van der Waals surface area contributed by atoms with Gasteiger partial charge in [0, 0.05) is 24.5 Å². The molecule has 1 atom stereocenters. The summed E-state index contributed by atoms with van der Waals surface area (Å²) in [6.07, 6.45) is 5.36. The van der Waals surface area contributed by atoms with Crippen molar-refractivity contribution in [2.75, 3.05) is 32.7 Å². The SMILES string of the molecule is CC1CCCN(CCNCCc2cccs2)CC1. The van der Waals surface area contributed by atoms with E-state index in [2.05, 4.69) is 34.7 Å². The molecule has 1 saturated heterocycles. The van der Waals surface area contributed by atoms with Gasteiger partial charge in [0.25, 0.3) is 0 Å². The van der Waals surface area contributed by atoms with Gasteiger partial charge in [-0.3, -0.25) is 0 Å². The van der Waals surface area contributed by atoms with Crippen LogP contribution in [0.15, 0.2) is 17.5 Å². The average Bonchev–Trinajstić information content (AvgIpc) is 2.79. The van der Waals surface area contributed by atoms with E-state index in [4.69, 9.17) is 0 Å². The Hall–Kier alpha value is -0.380.